The van der Waals surface area contributed by atoms with Crippen LogP contribution in [-0.2, 0) is 46.4 Å². The quantitative estimate of drug-likeness (QED) is 0.0976. The van der Waals surface area contributed by atoms with Gasteiger partial charge in [-0.15, -0.1) is 11.3 Å². The molecule has 0 radical (unpaired) electrons. The molecule has 16 nitrogen and oxygen atoms in total. The maximum Gasteiger partial charge on any atom is 0.258 e. The average molecular weight is 981 g/mol. The number of aliphatic hydroxyl groups is 1. The van der Waals surface area contributed by atoms with Crippen LogP contribution < -0.4 is 16.0 Å². The van der Waals surface area contributed by atoms with E-state index in [1.165, 1.54) is 9.80 Å². The van der Waals surface area contributed by atoms with Crippen LogP contribution in [-0.4, -0.2) is 104 Å². The summed E-state index contributed by atoms with van der Waals surface area (Å²) in [7, 11) is 0. The number of alkyl halides is 1. The molecule has 18 heteroatoms. The number of rotatable bonds is 16. The Bertz CT molecular complexity index is 2630. The van der Waals surface area contributed by atoms with Gasteiger partial charge in [0.15, 0.2) is 5.67 Å². The van der Waals surface area contributed by atoms with Crippen molar-refractivity contribution in [2.75, 3.05) is 13.1 Å². The smallest absolute Gasteiger partial charge is 0.258 e. The van der Waals surface area contributed by atoms with Crippen molar-refractivity contribution < 1.29 is 42.7 Å². The molecule has 0 unspecified atom stereocenters. The van der Waals surface area contributed by atoms with Crippen molar-refractivity contribution in [3.05, 3.63) is 93.9 Å². The number of halogens is 1. The van der Waals surface area contributed by atoms with Crippen molar-refractivity contribution in [3.8, 4) is 16.5 Å². The number of ether oxygens (including phenoxy) is 1. The van der Waals surface area contributed by atoms with E-state index in [-0.39, 0.29) is 57.1 Å². The number of nitriles is 1. The van der Waals surface area contributed by atoms with Crippen LogP contribution in [0.1, 0.15) is 128 Å². The first kappa shape index (κ1) is 51.8. The molecule has 7 rings (SSSR count). The number of thiazole rings is 1. The fourth-order valence-electron chi connectivity index (χ4n) is 9.29. The minimum atomic E-state index is -2.03. The summed E-state index contributed by atoms with van der Waals surface area (Å²) in [6.45, 7) is 18.1. The number of nitrogens with one attached hydrogen (secondary N) is 3. The second kappa shape index (κ2) is 20.0. The molecule has 4 N–H and O–H groups in total. The number of nitrogens with zero attached hydrogens (tertiary/aromatic N) is 5. The lowest BCUT2D eigenvalue weighted by Gasteiger charge is -2.36. The van der Waals surface area contributed by atoms with Crippen LogP contribution in [0.5, 0.6) is 0 Å². The fraction of sp³-hybridized carbons (Fsp3) is 0.538. The number of amides is 5. The van der Waals surface area contributed by atoms with E-state index in [1.807, 2.05) is 72.7 Å². The molecule has 0 spiro atoms. The van der Waals surface area contributed by atoms with Gasteiger partial charge < -0.3 is 40.1 Å². The second-order valence-electron chi connectivity index (χ2n) is 21.5. The van der Waals surface area contributed by atoms with Crippen molar-refractivity contribution in [1.82, 2.24) is 35.9 Å². The predicted octanol–water partition coefficient (Wildman–Crippen LogP) is 6.30. The zero-order valence-electron chi connectivity index (χ0n) is 41.6. The lowest BCUT2D eigenvalue weighted by atomic mass is 9.85. The van der Waals surface area contributed by atoms with Crippen LogP contribution in [0.15, 0.2) is 64.6 Å². The van der Waals surface area contributed by atoms with Gasteiger partial charge in [0.25, 0.3) is 5.91 Å². The summed E-state index contributed by atoms with van der Waals surface area (Å²) >= 11 is 1.55. The minimum Gasteiger partial charge on any atom is -0.391 e. The van der Waals surface area contributed by atoms with Crippen LogP contribution >= 0.6 is 11.3 Å². The van der Waals surface area contributed by atoms with Gasteiger partial charge in [-0.05, 0) is 87.6 Å². The molecule has 2 aliphatic heterocycles. The zero-order chi connectivity index (χ0) is 51.1. The standard InChI is InChI=1S/C52H65FN8O8S/c1-29(2)41(46(65)60-25-36(62)22-38(60)44(63)57-50(7,8)33-15-11-31(24-54)12-16-33)40-21-35(59-69-40)27-68-37-23-39(61(26-37)47(66)43(49(4,5)6)56-48(67)52(53)19-20-52)45(64)58-51(9,10)34-17-13-32(14-18-34)42-30(3)55-28-70-42/h11-18,21,28-29,36-39,41,43,62H,19-20,22-23,25-27H2,1-10H3,(H,56,67)(H,57,63)(H,58,64)/t36-,37-,38+,39+,41-,43-/m1/s1. The summed E-state index contributed by atoms with van der Waals surface area (Å²) in [5, 5.41) is 33.1. The number of carbonyl (C=O) groups excluding carboxylic acids is 5. The first-order valence-electron chi connectivity index (χ1n) is 23.8. The highest BCUT2D eigenvalue weighted by Crippen LogP contribution is 2.41. The van der Waals surface area contributed by atoms with E-state index in [1.54, 1.807) is 68.0 Å². The summed E-state index contributed by atoms with van der Waals surface area (Å²) < 4.78 is 27.1. The minimum absolute atomic E-state index is 0.0238. The van der Waals surface area contributed by atoms with Crippen LogP contribution in [0.4, 0.5) is 4.39 Å². The van der Waals surface area contributed by atoms with E-state index in [4.69, 9.17) is 9.26 Å². The molecule has 70 heavy (non-hydrogen) atoms. The van der Waals surface area contributed by atoms with E-state index in [0.29, 0.717) is 11.3 Å². The van der Waals surface area contributed by atoms with Crippen molar-refractivity contribution in [3.63, 3.8) is 0 Å². The molecule has 2 aromatic heterocycles. The van der Waals surface area contributed by atoms with Gasteiger partial charge in [-0.1, -0.05) is 76.2 Å². The molecule has 2 saturated heterocycles. The van der Waals surface area contributed by atoms with Gasteiger partial charge in [0.2, 0.25) is 23.6 Å². The number of β-amino-alcohol motifs (C(OH)–C–C–N with tert-alkyl or cyclic N) is 1. The van der Waals surface area contributed by atoms with E-state index in [9.17, 15) is 34.3 Å². The maximum absolute atomic E-state index is 15.0. The lowest BCUT2D eigenvalue weighted by molar-refractivity contribution is -0.145. The average Bonchev–Trinajstić information content (AvgIpc) is 3.77. The summed E-state index contributed by atoms with van der Waals surface area (Å²) in [6.07, 6.45) is -1.33. The Balaban J connectivity index is 1.06. The number of hydrogen-bond acceptors (Lipinski definition) is 12. The first-order chi connectivity index (χ1) is 32.8. The molecule has 5 amide bonds. The molecule has 1 aliphatic carbocycles. The summed E-state index contributed by atoms with van der Waals surface area (Å²) in [4.78, 5) is 78.6. The van der Waals surface area contributed by atoms with Gasteiger partial charge in [0.05, 0.1) is 57.6 Å². The highest BCUT2D eigenvalue weighted by Gasteiger charge is 2.54. The topological polar surface area (TPSA) is 220 Å². The van der Waals surface area contributed by atoms with Gasteiger partial charge in [-0.25, -0.2) is 9.37 Å². The third-order valence-corrected chi connectivity index (χ3v) is 14.7. The molecule has 2 aromatic carbocycles. The van der Waals surface area contributed by atoms with E-state index >= 15 is 4.39 Å². The number of likely N-dealkylation sites (tertiary alicyclic amines) is 2. The number of benzene rings is 2. The van der Waals surface area contributed by atoms with Crippen molar-refractivity contribution >= 4 is 40.9 Å². The van der Waals surface area contributed by atoms with Crippen molar-refractivity contribution in [2.45, 2.75) is 155 Å². The number of aliphatic hydroxyl groups excluding tert-OH is 1. The van der Waals surface area contributed by atoms with Gasteiger partial charge >= 0.3 is 0 Å². The van der Waals surface area contributed by atoms with Crippen LogP contribution in [0, 0.1) is 29.6 Å². The molecule has 6 atom stereocenters. The van der Waals surface area contributed by atoms with E-state index in [2.05, 4.69) is 32.2 Å². The summed E-state index contributed by atoms with van der Waals surface area (Å²) in [5.74, 6) is -3.63. The van der Waals surface area contributed by atoms with E-state index in [0.717, 1.165) is 27.3 Å². The number of aromatic nitrogens is 2. The molecule has 374 valence electrons. The zero-order valence-corrected chi connectivity index (χ0v) is 42.4. The number of hydrogen-bond donors (Lipinski definition) is 4. The van der Waals surface area contributed by atoms with Crippen LogP contribution in [0.2, 0.25) is 0 Å². The van der Waals surface area contributed by atoms with Gasteiger partial charge in [-0.3, -0.25) is 24.0 Å². The Kier molecular flexibility index (Phi) is 14.8. The molecule has 3 fully saturated rings. The Labute approximate surface area is 412 Å². The lowest BCUT2D eigenvalue weighted by Crippen LogP contribution is -2.59. The van der Waals surface area contributed by atoms with Crippen molar-refractivity contribution in [1.29, 1.82) is 5.26 Å². The maximum atomic E-state index is 15.0. The summed E-state index contributed by atoms with van der Waals surface area (Å²) in [6, 6.07) is 15.3. The van der Waals surface area contributed by atoms with Gasteiger partial charge in [-0.2, -0.15) is 5.26 Å². The van der Waals surface area contributed by atoms with Gasteiger partial charge in [0.1, 0.15) is 35.5 Å². The molecular weight excluding hydrogens is 916 g/mol. The van der Waals surface area contributed by atoms with E-state index < -0.39 is 87.9 Å². The Hall–Kier alpha value is -6.03. The molecular formula is C52H65FN8O8S. The predicted molar refractivity (Wildman–Crippen MR) is 259 cm³/mol. The first-order valence-corrected chi connectivity index (χ1v) is 24.7. The Morgan fingerprint density at radius 3 is 2.00 bits per heavy atom. The molecule has 1 saturated carbocycles. The largest absolute Gasteiger partial charge is 0.391 e. The monoisotopic (exact) mass is 980 g/mol. The normalized spacial score (nSPS) is 21.0. The molecule has 0 bridgehead atoms. The second-order valence-corrected chi connectivity index (χ2v) is 22.4. The van der Waals surface area contributed by atoms with Gasteiger partial charge in [0, 0.05) is 32.0 Å². The third kappa shape index (κ3) is 11.3. The number of aryl methyl sites for hydroxylation is 1. The third-order valence-electron chi connectivity index (χ3n) is 13.7. The Morgan fingerprint density at radius 2 is 1.47 bits per heavy atom. The Morgan fingerprint density at radius 1 is 0.900 bits per heavy atom. The number of carbonyl (C=O) groups is 5. The molecule has 3 aliphatic rings. The SMILES string of the molecule is Cc1ncsc1-c1ccc(C(C)(C)NC(=O)[C@@H]2C[C@@H](OCc3cc([C@H](C(=O)N4C[C@H](O)C[C@H]4C(=O)NC(C)(C)c4ccc(C#N)cc4)C(C)C)on3)CN2C(=O)[C@@H](NC(=O)C2(F)CC2)C(C)(C)C)cc1. The highest BCUT2D eigenvalue weighted by atomic mass is 32.1. The fourth-order valence-corrected chi connectivity index (χ4v) is 10.1. The molecule has 4 aromatic rings. The highest BCUT2D eigenvalue weighted by molar-refractivity contribution is 7.13. The van der Waals surface area contributed by atoms with Crippen molar-refractivity contribution in [2.24, 2.45) is 11.3 Å². The summed E-state index contributed by atoms with van der Waals surface area (Å²) in [5.41, 5.74) is 1.53. The van der Waals surface area contributed by atoms with Crippen LogP contribution in [0.3, 0.4) is 0 Å². The molecule has 4 heterocycles. The van der Waals surface area contributed by atoms with Crippen LogP contribution in [0.25, 0.3) is 10.4 Å².